The summed E-state index contributed by atoms with van der Waals surface area (Å²) in [6.45, 7) is 8.39. The number of carbonyl (C=O) groups excluding carboxylic acids is 2. The third-order valence-corrected chi connectivity index (χ3v) is 7.31. The molecule has 40 heavy (non-hydrogen) atoms. The Hall–Kier alpha value is -3.52. The van der Waals surface area contributed by atoms with Gasteiger partial charge in [-0.05, 0) is 73.6 Å². The van der Waals surface area contributed by atoms with Crippen LogP contribution < -0.4 is 14.2 Å². The summed E-state index contributed by atoms with van der Waals surface area (Å²) in [6, 6.07) is 11.5. The maximum Gasteiger partial charge on any atom is 0.295 e. The number of ether oxygens (including phenoxy) is 4. The normalized spacial score (nSPS) is 20.4. The molecular weight excluding hydrogens is 510 g/mol. The van der Waals surface area contributed by atoms with E-state index in [1.807, 2.05) is 6.07 Å². The Morgan fingerprint density at radius 3 is 2.50 bits per heavy atom. The topological polar surface area (TPSA) is 94.5 Å². The maximum atomic E-state index is 13.4. The molecule has 2 atom stereocenters. The van der Waals surface area contributed by atoms with Gasteiger partial charge < -0.3 is 29.0 Å². The first-order chi connectivity index (χ1) is 19.3. The van der Waals surface area contributed by atoms with Crippen molar-refractivity contribution in [3.63, 3.8) is 0 Å². The lowest BCUT2D eigenvalue weighted by Gasteiger charge is -2.28. The van der Waals surface area contributed by atoms with Crippen LogP contribution >= 0.6 is 0 Å². The van der Waals surface area contributed by atoms with Crippen LogP contribution in [-0.2, 0) is 14.3 Å². The first kappa shape index (κ1) is 29.5. The number of carbonyl (C=O) groups is 2. The van der Waals surface area contributed by atoms with E-state index in [-0.39, 0.29) is 24.0 Å². The highest BCUT2D eigenvalue weighted by molar-refractivity contribution is 6.46. The van der Waals surface area contributed by atoms with Gasteiger partial charge in [0.1, 0.15) is 11.5 Å². The lowest BCUT2D eigenvalue weighted by Crippen LogP contribution is -2.36. The van der Waals surface area contributed by atoms with Gasteiger partial charge >= 0.3 is 0 Å². The van der Waals surface area contributed by atoms with Crippen molar-refractivity contribution in [1.82, 2.24) is 4.90 Å². The minimum atomic E-state index is -0.803. The monoisotopic (exact) mass is 551 g/mol. The average Bonchev–Trinajstić information content (AvgIpc) is 3.55. The summed E-state index contributed by atoms with van der Waals surface area (Å²) in [5.74, 6) is 0.657. The lowest BCUT2D eigenvalue weighted by molar-refractivity contribution is -0.140. The van der Waals surface area contributed by atoms with Crippen LogP contribution in [0.15, 0.2) is 48.0 Å². The Morgan fingerprint density at radius 1 is 1.07 bits per heavy atom. The molecule has 0 radical (unpaired) electrons. The van der Waals surface area contributed by atoms with E-state index in [4.69, 9.17) is 18.9 Å². The number of hydrogen-bond acceptors (Lipinski definition) is 7. The third-order valence-electron chi connectivity index (χ3n) is 7.31. The van der Waals surface area contributed by atoms with Gasteiger partial charge in [-0.25, -0.2) is 0 Å². The van der Waals surface area contributed by atoms with Gasteiger partial charge in [-0.1, -0.05) is 33.3 Å². The predicted molar refractivity (Wildman–Crippen MR) is 153 cm³/mol. The highest BCUT2D eigenvalue weighted by Gasteiger charge is 2.47. The molecule has 2 saturated heterocycles. The second-order valence-electron chi connectivity index (χ2n) is 10.8. The molecule has 0 aliphatic carbocycles. The molecule has 2 aromatic carbocycles. The second kappa shape index (κ2) is 13.7. The van der Waals surface area contributed by atoms with Gasteiger partial charge in [0.05, 0.1) is 38.0 Å². The van der Waals surface area contributed by atoms with Crippen LogP contribution in [0.2, 0.25) is 0 Å². The fraction of sp³-hybridized carbons (Fsp3) is 0.500. The molecule has 0 bridgehead atoms. The number of hydrogen-bond donors (Lipinski definition) is 1. The Labute approximate surface area is 236 Å². The molecule has 2 aromatic rings. The molecule has 8 heteroatoms. The van der Waals surface area contributed by atoms with Crippen molar-refractivity contribution in [2.75, 3.05) is 33.5 Å². The summed E-state index contributed by atoms with van der Waals surface area (Å²) >= 11 is 0. The number of unbranched alkanes of at least 4 members (excludes halogenated alkanes) is 1. The van der Waals surface area contributed by atoms with Crippen LogP contribution in [0.25, 0.3) is 5.76 Å². The van der Waals surface area contributed by atoms with Crippen LogP contribution in [-0.4, -0.2) is 61.3 Å². The molecule has 0 saturated carbocycles. The van der Waals surface area contributed by atoms with Crippen LogP contribution in [0.5, 0.6) is 17.2 Å². The average molecular weight is 552 g/mol. The zero-order chi connectivity index (χ0) is 28.6. The minimum absolute atomic E-state index is 0.0400. The molecule has 1 amide bonds. The summed E-state index contributed by atoms with van der Waals surface area (Å²) in [7, 11) is 1.56. The summed E-state index contributed by atoms with van der Waals surface area (Å²) in [5, 5.41) is 11.4. The van der Waals surface area contributed by atoms with Gasteiger partial charge in [0.15, 0.2) is 11.5 Å². The Balaban J connectivity index is 1.71. The molecule has 2 aliphatic rings. The molecule has 0 aromatic heterocycles. The number of likely N-dealkylation sites (tertiary alicyclic amines) is 1. The fourth-order valence-electron chi connectivity index (χ4n) is 5.00. The summed E-state index contributed by atoms with van der Waals surface area (Å²) in [4.78, 5) is 28.3. The minimum Gasteiger partial charge on any atom is -0.507 e. The van der Waals surface area contributed by atoms with E-state index >= 15 is 0 Å². The number of Topliss-reactive ketones (excluding diaryl/α,β-unsaturated/α-hetero) is 1. The van der Waals surface area contributed by atoms with E-state index < -0.39 is 17.7 Å². The van der Waals surface area contributed by atoms with Crippen LogP contribution in [0.4, 0.5) is 0 Å². The van der Waals surface area contributed by atoms with Gasteiger partial charge in [0, 0.05) is 18.7 Å². The van der Waals surface area contributed by atoms with Crippen molar-refractivity contribution in [2.45, 2.75) is 65.0 Å². The van der Waals surface area contributed by atoms with Crippen molar-refractivity contribution in [1.29, 1.82) is 0 Å². The number of benzene rings is 2. The van der Waals surface area contributed by atoms with Crippen molar-refractivity contribution in [2.24, 2.45) is 5.92 Å². The van der Waals surface area contributed by atoms with Crippen molar-refractivity contribution in [3.05, 3.63) is 59.2 Å². The van der Waals surface area contributed by atoms with Crippen LogP contribution in [0.3, 0.4) is 0 Å². The number of methoxy groups -OCH3 is 1. The van der Waals surface area contributed by atoms with E-state index in [2.05, 4.69) is 20.8 Å². The Bertz CT molecular complexity index is 1200. The number of nitrogens with zero attached hydrogens (tertiary/aromatic N) is 1. The van der Waals surface area contributed by atoms with E-state index in [9.17, 15) is 14.7 Å². The maximum absolute atomic E-state index is 13.4. The molecular formula is C32H41NO7. The van der Waals surface area contributed by atoms with Crippen molar-refractivity contribution in [3.8, 4) is 17.2 Å². The van der Waals surface area contributed by atoms with Gasteiger partial charge in [-0.15, -0.1) is 0 Å². The molecule has 2 heterocycles. The summed E-state index contributed by atoms with van der Waals surface area (Å²) in [5.41, 5.74) is 1.12. The second-order valence-corrected chi connectivity index (χ2v) is 10.8. The lowest BCUT2D eigenvalue weighted by atomic mass is 9.94. The van der Waals surface area contributed by atoms with Gasteiger partial charge in [0.25, 0.3) is 11.7 Å². The molecule has 8 nitrogen and oxygen atoms in total. The summed E-state index contributed by atoms with van der Waals surface area (Å²) in [6.07, 6.45) is 4.42. The Morgan fingerprint density at radius 2 is 1.85 bits per heavy atom. The van der Waals surface area contributed by atoms with Gasteiger partial charge in [0.2, 0.25) is 0 Å². The molecule has 0 spiro atoms. The smallest absolute Gasteiger partial charge is 0.295 e. The first-order valence-corrected chi connectivity index (χ1v) is 14.3. The van der Waals surface area contributed by atoms with E-state index in [1.54, 1.807) is 43.5 Å². The van der Waals surface area contributed by atoms with Gasteiger partial charge in [-0.2, -0.15) is 0 Å². The molecule has 2 fully saturated rings. The molecule has 2 aliphatic heterocycles. The van der Waals surface area contributed by atoms with Gasteiger partial charge in [-0.3, -0.25) is 9.59 Å². The van der Waals surface area contributed by atoms with Crippen LogP contribution in [0, 0.1) is 5.92 Å². The number of rotatable bonds is 13. The quantitative estimate of drug-likeness (QED) is 0.143. The van der Waals surface area contributed by atoms with Crippen molar-refractivity contribution < 1.29 is 33.6 Å². The van der Waals surface area contributed by atoms with Crippen molar-refractivity contribution >= 4 is 17.4 Å². The number of amides is 1. The molecule has 216 valence electrons. The third kappa shape index (κ3) is 6.78. The molecule has 0 unspecified atom stereocenters. The molecule has 1 N–H and O–H groups in total. The summed E-state index contributed by atoms with van der Waals surface area (Å²) < 4.78 is 23.1. The number of aliphatic hydroxyl groups excluding tert-OH is 1. The Kier molecular flexibility index (Phi) is 10.1. The van der Waals surface area contributed by atoms with E-state index in [1.165, 1.54) is 4.90 Å². The van der Waals surface area contributed by atoms with E-state index in [0.29, 0.717) is 54.1 Å². The largest absolute Gasteiger partial charge is 0.507 e. The zero-order valence-electron chi connectivity index (χ0n) is 24.0. The highest BCUT2D eigenvalue weighted by Crippen LogP contribution is 2.42. The SMILES string of the molecule is CCCCOc1ccc(C(O)=C2C(=O)C(=O)N(C[C@H]3CCCO3)[C@H]2c2ccc(OCCC(C)C)c(OC)c2)cc1. The molecule has 4 rings (SSSR count). The van der Waals surface area contributed by atoms with E-state index in [0.717, 1.165) is 32.1 Å². The highest BCUT2D eigenvalue weighted by atomic mass is 16.5. The number of ketones is 1. The number of aliphatic hydroxyl groups is 1. The predicted octanol–water partition coefficient (Wildman–Crippen LogP) is 5.90. The standard InChI is InChI=1S/C32H41NO7/c1-5-6-16-38-24-12-9-22(10-13-24)30(34)28-29(33(32(36)31(28)35)20-25-8-7-17-39-25)23-11-14-26(27(19-23)37-4)40-18-15-21(2)3/h9-14,19,21,25,29,34H,5-8,15-18,20H2,1-4H3/t25-,29+/m1/s1. The zero-order valence-corrected chi connectivity index (χ0v) is 24.0. The first-order valence-electron chi connectivity index (χ1n) is 14.3. The van der Waals surface area contributed by atoms with Crippen LogP contribution in [0.1, 0.15) is 70.0 Å². The fourth-order valence-corrected chi connectivity index (χ4v) is 5.00.